The first-order valence-electron chi connectivity index (χ1n) is 18.3. The van der Waals surface area contributed by atoms with E-state index in [1.165, 1.54) is 154 Å². The zero-order chi connectivity index (χ0) is 31.2. The van der Waals surface area contributed by atoms with Gasteiger partial charge < -0.3 is 10.2 Å². The van der Waals surface area contributed by atoms with Crippen LogP contribution in [0, 0.1) is 0 Å². The standard InChI is InChI=1S/C20H38O2.C18H34O2/c1-2-3-4-5-6-7-8-9-10-11-12-13-14-15-16-17-18-19-20(21)22;1-2-3-4-5-6-7-8-9-10-11-12-13-14-15-16-17-18(19)20/h9-10H,2-8,11-19H2,1H3,(H,21,22);9-10H,2-8,11-17H2,1H3,(H,19,20)/b;10-9-. The van der Waals surface area contributed by atoms with E-state index in [4.69, 9.17) is 10.2 Å². The van der Waals surface area contributed by atoms with Gasteiger partial charge in [0.15, 0.2) is 0 Å². The Morgan fingerprint density at radius 3 is 0.810 bits per heavy atom. The topological polar surface area (TPSA) is 74.6 Å². The van der Waals surface area contributed by atoms with Gasteiger partial charge in [0, 0.05) is 12.8 Å². The van der Waals surface area contributed by atoms with Gasteiger partial charge >= 0.3 is 11.9 Å². The highest BCUT2D eigenvalue weighted by Crippen LogP contribution is 2.12. The number of hydrogen-bond donors (Lipinski definition) is 2. The molecule has 0 radical (unpaired) electrons. The fourth-order valence-corrected chi connectivity index (χ4v) is 5.05. The minimum atomic E-state index is -0.664. The summed E-state index contributed by atoms with van der Waals surface area (Å²) in [6.07, 6.45) is 45.4. The van der Waals surface area contributed by atoms with Crippen LogP contribution in [-0.4, -0.2) is 22.2 Å². The summed E-state index contributed by atoms with van der Waals surface area (Å²) in [5.41, 5.74) is 0. The summed E-state index contributed by atoms with van der Waals surface area (Å²) in [5, 5.41) is 17.0. The Labute approximate surface area is 262 Å². The highest BCUT2D eigenvalue weighted by Gasteiger charge is 1.97. The van der Waals surface area contributed by atoms with Crippen molar-refractivity contribution in [1.82, 2.24) is 0 Å². The Morgan fingerprint density at radius 2 is 0.571 bits per heavy atom. The molecule has 248 valence electrons. The Hall–Kier alpha value is -1.58. The molecule has 4 nitrogen and oxygen atoms in total. The second kappa shape index (κ2) is 39.4. The maximum absolute atomic E-state index is 10.4. The van der Waals surface area contributed by atoms with Gasteiger partial charge in [0.05, 0.1) is 0 Å². The van der Waals surface area contributed by atoms with Crippen LogP contribution in [0.15, 0.2) is 24.3 Å². The van der Waals surface area contributed by atoms with Crippen molar-refractivity contribution in [3.05, 3.63) is 24.3 Å². The molecule has 0 aromatic carbocycles. The lowest BCUT2D eigenvalue weighted by atomic mass is 10.1. The van der Waals surface area contributed by atoms with Crippen molar-refractivity contribution in [2.75, 3.05) is 0 Å². The van der Waals surface area contributed by atoms with Crippen LogP contribution < -0.4 is 0 Å². The third-order valence-electron chi connectivity index (χ3n) is 7.80. The Balaban J connectivity index is 0. The molecule has 0 aliphatic heterocycles. The lowest BCUT2D eigenvalue weighted by molar-refractivity contribution is -0.138. The van der Waals surface area contributed by atoms with Crippen LogP contribution in [0.25, 0.3) is 0 Å². The van der Waals surface area contributed by atoms with Gasteiger partial charge in [-0.15, -0.1) is 0 Å². The van der Waals surface area contributed by atoms with Crippen LogP contribution in [0.5, 0.6) is 0 Å². The summed E-state index contributed by atoms with van der Waals surface area (Å²) in [6, 6.07) is 0. The molecule has 42 heavy (non-hydrogen) atoms. The molecule has 0 saturated heterocycles. The molecule has 0 aliphatic carbocycles. The first kappa shape index (κ1) is 42.6. The molecular weight excluding hydrogens is 520 g/mol. The molecule has 0 heterocycles. The summed E-state index contributed by atoms with van der Waals surface area (Å²) in [6.45, 7) is 4.52. The molecule has 0 amide bonds. The first-order valence-corrected chi connectivity index (χ1v) is 18.3. The summed E-state index contributed by atoms with van der Waals surface area (Å²) in [5.74, 6) is -1.32. The second-order valence-electron chi connectivity index (χ2n) is 12.2. The zero-order valence-electron chi connectivity index (χ0n) is 28.2. The number of carboxylic acid groups (broad SMARTS) is 2. The van der Waals surface area contributed by atoms with E-state index in [0.717, 1.165) is 25.7 Å². The number of carboxylic acids is 2. The molecule has 0 bridgehead atoms. The number of unbranched alkanes of at least 4 members (excludes halogenated alkanes) is 24. The first-order chi connectivity index (χ1) is 20.5. The van der Waals surface area contributed by atoms with Crippen LogP contribution in [-0.2, 0) is 9.59 Å². The average molecular weight is 593 g/mol. The van der Waals surface area contributed by atoms with Gasteiger partial charge in [0.1, 0.15) is 0 Å². The van der Waals surface area contributed by atoms with Crippen molar-refractivity contribution in [2.24, 2.45) is 0 Å². The molecule has 0 aromatic heterocycles. The largest absolute Gasteiger partial charge is 0.481 e. The molecule has 0 spiro atoms. The molecule has 0 saturated carbocycles. The fraction of sp³-hybridized carbons (Fsp3) is 0.842. The maximum atomic E-state index is 10.4. The van der Waals surface area contributed by atoms with Gasteiger partial charge in [-0.25, -0.2) is 0 Å². The van der Waals surface area contributed by atoms with Gasteiger partial charge in [-0.2, -0.15) is 0 Å². The van der Waals surface area contributed by atoms with E-state index in [0.29, 0.717) is 12.8 Å². The van der Waals surface area contributed by atoms with Crippen LogP contribution in [0.3, 0.4) is 0 Å². The van der Waals surface area contributed by atoms with E-state index in [2.05, 4.69) is 38.2 Å². The monoisotopic (exact) mass is 593 g/mol. The Bertz CT molecular complexity index is 596. The zero-order valence-corrected chi connectivity index (χ0v) is 28.2. The predicted octanol–water partition coefficient (Wildman–Crippen LogP) is 13.0. The van der Waals surface area contributed by atoms with Crippen molar-refractivity contribution in [1.29, 1.82) is 0 Å². The van der Waals surface area contributed by atoms with E-state index in [9.17, 15) is 9.59 Å². The molecule has 0 aliphatic rings. The van der Waals surface area contributed by atoms with Gasteiger partial charge in [-0.05, 0) is 64.2 Å². The Morgan fingerprint density at radius 1 is 0.357 bits per heavy atom. The molecule has 0 unspecified atom stereocenters. The van der Waals surface area contributed by atoms with Crippen molar-refractivity contribution in [3.8, 4) is 0 Å². The van der Waals surface area contributed by atoms with E-state index in [1.54, 1.807) is 0 Å². The molecule has 0 aromatic rings. The van der Waals surface area contributed by atoms with Crippen molar-refractivity contribution >= 4 is 11.9 Å². The highest BCUT2D eigenvalue weighted by molar-refractivity contribution is 5.66. The van der Waals surface area contributed by atoms with Crippen LogP contribution in [0.4, 0.5) is 0 Å². The molecule has 0 rings (SSSR count). The minimum Gasteiger partial charge on any atom is -0.481 e. The lowest BCUT2D eigenvalue weighted by Gasteiger charge is -2.00. The van der Waals surface area contributed by atoms with Crippen molar-refractivity contribution in [3.63, 3.8) is 0 Å². The van der Waals surface area contributed by atoms with E-state index < -0.39 is 11.9 Å². The summed E-state index contributed by atoms with van der Waals surface area (Å²) < 4.78 is 0. The molecular formula is C38H72O4. The average Bonchev–Trinajstić information content (AvgIpc) is 2.97. The summed E-state index contributed by atoms with van der Waals surface area (Å²) >= 11 is 0. The smallest absolute Gasteiger partial charge is 0.303 e. The number of carbonyl (C=O) groups is 2. The second-order valence-corrected chi connectivity index (χ2v) is 12.2. The Kier molecular flexibility index (Phi) is 39.9. The molecule has 2 N–H and O–H groups in total. The summed E-state index contributed by atoms with van der Waals surface area (Å²) in [7, 11) is 0. The van der Waals surface area contributed by atoms with E-state index >= 15 is 0 Å². The van der Waals surface area contributed by atoms with Crippen LogP contribution >= 0.6 is 0 Å². The fourth-order valence-electron chi connectivity index (χ4n) is 5.05. The highest BCUT2D eigenvalue weighted by atomic mass is 16.4. The van der Waals surface area contributed by atoms with Crippen molar-refractivity contribution < 1.29 is 19.8 Å². The van der Waals surface area contributed by atoms with Crippen LogP contribution in [0.2, 0.25) is 0 Å². The van der Waals surface area contributed by atoms with Gasteiger partial charge in [-0.3, -0.25) is 9.59 Å². The molecule has 0 fully saturated rings. The number of hydrogen-bond acceptors (Lipinski definition) is 2. The minimum absolute atomic E-state index is 0.332. The third-order valence-corrected chi connectivity index (χ3v) is 7.80. The normalized spacial score (nSPS) is 11.3. The van der Waals surface area contributed by atoms with Gasteiger partial charge in [-0.1, -0.05) is 154 Å². The van der Waals surface area contributed by atoms with Gasteiger partial charge in [0.2, 0.25) is 0 Å². The molecule has 4 heteroatoms. The molecule has 0 atom stereocenters. The lowest BCUT2D eigenvalue weighted by Crippen LogP contribution is -1.93. The van der Waals surface area contributed by atoms with Crippen molar-refractivity contribution in [2.45, 2.75) is 206 Å². The third kappa shape index (κ3) is 45.4. The maximum Gasteiger partial charge on any atom is 0.303 e. The summed E-state index contributed by atoms with van der Waals surface area (Å²) in [4.78, 5) is 20.7. The van der Waals surface area contributed by atoms with Gasteiger partial charge in [0.25, 0.3) is 0 Å². The number of rotatable bonds is 32. The van der Waals surface area contributed by atoms with E-state index in [-0.39, 0.29) is 0 Å². The van der Waals surface area contributed by atoms with Crippen LogP contribution in [0.1, 0.15) is 206 Å². The number of aliphatic carboxylic acids is 2. The predicted molar refractivity (Wildman–Crippen MR) is 183 cm³/mol. The number of allylic oxidation sites excluding steroid dienone is 4. The van der Waals surface area contributed by atoms with E-state index in [1.807, 2.05) is 0 Å². The quantitative estimate of drug-likeness (QED) is 0.0602. The SMILES string of the molecule is CCCCCCCC/C=C\CCCCCCCC(=O)O.CCCCCCCCC=CCCCCCCCCCC(=O)O.